The summed E-state index contributed by atoms with van der Waals surface area (Å²) >= 11 is 1.71. The highest BCUT2D eigenvalue weighted by molar-refractivity contribution is 7.98. The fourth-order valence-electron chi connectivity index (χ4n) is 1.83. The first kappa shape index (κ1) is 12.1. The Balaban J connectivity index is 1.76. The van der Waals surface area contributed by atoms with E-state index in [1.165, 1.54) is 10.5 Å². The molecule has 0 fully saturated rings. The number of hydrogen-bond donors (Lipinski definition) is 1. The van der Waals surface area contributed by atoms with Gasteiger partial charge < -0.3 is 10.2 Å². The molecule has 1 aromatic heterocycles. The quantitative estimate of drug-likeness (QED) is 0.577. The summed E-state index contributed by atoms with van der Waals surface area (Å²) in [7, 11) is 0. The van der Waals surface area contributed by atoms with Crippen molar-refractivity contribution in [2.24, 2.45) is 0 Å². The molecule has 96 valence electrons. The highest BCUT2D eigenvalue weighted by Crippen LogP contribution is 2.25. The Morgan fingerprint density at radius 1 is 1.16 bits per heavy atom. The number of aromatic nitrogens is 1. The van der Waals surface area contributed by atoms with Gasteiger partial charge in [0.05, 0.1) is 5.75 Å². The number of thioether (sulfide) groups is 1. The highest BCUT2D eigenvalue weighted by atomic mass is 32.2. The molecule has 0 atom stereocenters. The van der Waals surface area contributed by atoms with Crippen molar-refractivity contribution < 1.29 is 4.42 Å². The van der Waals surface area contributed by atoms with Crippen LogP contribution in [0, 0.1) is 6.92 Å². The van der Waals surface area contributed by atoms with E-state index in [4.69, 9.17) is 10.2 Å². The molecule has 0 spiro atoms. The summed E-state index contributed by atoms with van der Waals surface area (Å²) in [6, 6.07) is 14.0. The van der Waals surface area contributed by atoms with Crippen LogP contribution in [0.15, 0.2) is 51.8 Å². The summed E-state index contributed by atoms with van der Waals surface area (Å²) in [4.78, 5) is 5.66. The molecule has 2 aromatic carbocycles. The lowest BCUT2D eigenvalue weighted by Crippen LogP contribution is -1.81. The summed E-state index contributed by atoms with van der Waals surface area (Å²) < 4.78 is 5.68. The Hall–Kier alpha value is -1.94. The minimum Gasteiger partial charge on any atom is -0.440 e. The number of nitrogens with two attached hydrogens (primary N) is 1. The van der Waals surface area contributed by atoms with Crippen molar-refractivity contribution in [2.75, 3.05) is 5.73 Å². The zero-order valence-electron chi connectivity index (χ0n) is 10.6. The molecule has 3 aromatic rings. The summed E-state index contributed by atoms with van der Waals surface area (Å²) in [5.41, 5.74) is 9.29. The average molecular weight is 270 g/mol. The molecule has 0 bridgehead atoms. The Morgan fingerprint density at radius 3 is 2.74 bits per heavy atom. The van der Waals surface area contributed by atoms with Crippen molar-refractivity contribution in [1.29, 1.82) is 0 Å². The molecule has 0 saturated carbocycles. The zero-order valence-corrected chi connectivity index (χ0v) is 11.4. The molecule has 0 saturated heterocycles. The molecule has 0 amide bonds. The van der Waals surface area contributed by atoms with Crippen LogP contribution >= 0.6 is 11.8 Å². The standard InChI is InChI=1S/C15H14N2OS/c1-10-2-5-12(6-3-10)19-9-15-17-13-7-4-11(16)8-14(13)18-15/h2-8H,9,16H2,1H3. The first-order chi connectivity index (χ1) is 9.20. The normalized spacial score (nSPS) is 11.0. The lowest BCUT2D eigenvalue weighted by molar-refractivity contribution is 0.556. The van der Waals surface area contributed by atoms with Crippen molar-refractivity contribution >= 4 is 28.5 Å². The molecule has 4 heteroatoms. The van der Waals surface area contributed by atoms with Crippen LogP contribution in [0.5, 0.6) is 0 Å². The lowest BCUT2D eigenvalue weighted by Gasteiger charge is -1.98. The van der Waals surface area contributed by atoms with Gasteiger partial charge in [-0.3, -0.25) is 0 Å². The van der Waals surface area contributed by atoms with Gasteiger partial charge in [0.2, 0.25) is 5.89 Å². The molecule has 2 N–H and O–H groups in total. The fraction of sp³-hybridized carbons (Fsp3) is 0.133. The van der Waals surface area contributed by atoms with Gasteiger partial charge in [0.15, 0.2) is 5.58 Å². The molecule has 19 heavy (non-hydrogen) atoms. The molecule has 0 aliphatic carbocycles. The van der Waals surface area contributed by atoms with Crippen LogP contribution in [-0.2, 0) is 5.75 Å². The monoisotopic (exact) mass is 270 g/mol. The fourth-order valence-corrected chi connectivity index (χ4v) is 2.57. The Bertz CT molecular complexity index is 704. The van der Waals surface area contributed by atoms with E-state index in [0.29, 0.717) is 5.69 Å². The number of hydrogen-bond acceptors (Lipinski definition) is 4. The van der Waals surface area contributed by atoms with Crippen LogP contribution in [0.25, 0.3) is 11.1 Å². The molecular formula is C15H14N2OS. The van der Waals surface area contributed by atoms with Gasteiger partial charge in [-0.1, -0.05) is 17.7 Å². The number of benzene rings is 2. The SMILES string of the molecule is Cc1ccc(SCc2nc3ccc(N)cc3o2)cc1. The second-order valence-corrected chi connectivity index (χ2v) is 5.49. The molecule has 0 unspecified atom stereocenters. The average Bonchev–Trinajstić information content (AvgIpc) is 2.80. The Morgan fingerprint density at radius 2 is 1.95 bits per heavy atom. The van der Waals surface area contributed by atoms with Crippen molar-refractivity contribution in [3.8, 4) is 0 Å². The molecule has 1 heterocycles. The van der Waals surface area contributed by atoms with Gasteiger partial charge in [-0.2, -0.15) is 0 Å². The van der Waals surface area contributed by atoms with Crippen LogP contribution in [-0.4, -0.2) is 4.98 Å². The second kappa shape index (κ2) is 4.97. The van der Waals surface area contributed by atoms with E-state index in [9.17, 15) is 0 Å². The van der Waals surface area contributed by atoms with Crippen LogP contribution < -0.4 is 5.73 Å². The van der Waals surface area contributed by atoms with Crippen molar-refractivity contribution in [3.63, 3.8) is 0 Å². The predicted octanol–water partition coefficient (Wildman–Crippen LogP) is 4.01. The van der Waals surface area contributed by atoms with Crippen molar-refractivity contribution in [1.82, 2.24) is 4.98 Å². The van der Waals surface area contributed by atoms with Crippen LogP contribution in [0.2, 0.25) is 0 Å². The topological polar surface area (TPSA) is 52.0 Å². The predicted molar refractivity (Wildman–Crippen MR) is 79.2 cm³/mol. The van der Waals surface area contributed by atoms with E-state index >= 15 is 0 Å². The summed E-state index contributed by atoms with van der Waals surface area (Å²) in [6.07, 6.45) is 0. The number of aryl methyl sites for hydroxylation is 1. The maximum absolute atomic E-state index is 5.72. The molecule has 0 aliphatic heterocycles. The second-order valence-electron chi connectivity index (χ2n) is 4.44. The van der Waals surface area contributed by atoms with Gasteiger partial charge in [0, 0.05) is 16.6 Å². The molecular weight excluding hydrogens is 256 g/mol. The third kappa shape index (κ3) is 2.74. The van der Waals surface area contributed by atoms with Gasteiger partial charge >= 0.3 is 0 Å². The van der Waals surface area contributed by atoms with Gasteiger partial charge in [-0.05, 0) is 31.2 Å². The van der Waals surface area contributed by atoms with Crippen LogP contribution in [0.1, 0.15) is 11.5 Å². The summed E-state index contributed by atoms with van der Waals surface area (Å²) in [6.45, 7) is 2.08. The Labute approximate surface area is 115 Å². The van der Waals surface area contributed by atoms with Crippen LogP contribution in [0.4, 0.5) is 5.69 Å². The zero-order chi connectivity index (χ0) is 13.2. The molecule has 3 nitrogen and oxygen atoms in total. The van der Waals surface area contributed by atoms with E-state index in [0.717, 1.165) is 22.7 Å². The number of anilines is 1. The summed E-state index contributed by atoms with van der Waals surface area (Å²) in [5, 5.41) is 0. The third-order valence-corrected chi connectivity index (χ3v) is 3.84. The highest BCUT2D eigenvalue weighted by Gasteiger charge is 2.06. The van der Waals surface area contributed by atoms with Gasteiger partial charge in [-0.25, -0.2) is 4.98 Å². The van der Waals surface area contributed by atoms with Crippen molar-refractivity contribution in [2.45, 2.75) is 17.6 Å². The van der Waals surface area contributed by atoms with E-state index in [1.807, 2.05) is 18.2 Å². The number of nitrogen functional groups attached to an aromatic ring is 1. The number of oxazole rings is 1. The minimum absolute atomic E-state index is 0.696. The van der Waals surface area contributed by atoms with E-state index < -0.39 is 0 Å². The molecule has 0 radical (unpaired) electrons. The largest absolute Gasteiger partial charge is 0.440 e. The van der Waals surface area contributed by atoms with E-state index in [2.05, 4.69) is 36.2 Å². The van der Waals surface area contributed by atoms with Gasteiger partial charge in [0.1, 0.15) is 5.52 Å². The smallest absolute Gasteiger partial charge is 0.205 e. The van der Waals surface area contributed by atoms with Crippen LogP contribution in [0.3, 0.4) is 0 Å². The first-order valence-corrected chi connectivity index (χ1v) is 7.04. The lowest BCUT2D eigenvalue weighted by atomic mass is 10.2. The van der Waals surface area contributed by atoms with Gasteiger partial charge in [-0.15, -0.1) is 11.8 Å². The maximum atomic E-state index is 5.72. The van der Waals surface area contributed by atoms with Crippen molar-refractivity contribution in [3.05, 3.63) is 53.9 Å². The Kier molecular flexibility index (Phi) is 3.17. The minimum atomic E-state index is 0.696. The first-order valence-electron chi connectivity index (χ1n) is 6.05. The molecule has 0 aliphatic rings. The maximum Gasteiger partial charge on any atom is 0.205 e. The third-order valence-electron chi connectivity index (χ3n) is 2.84. The summed E-state index contributed by atoms with van der Waals surface area (Å²) in [5.74, 6) is 1.45. The number of fused-ring (bicyclic) bond motifs is 1. The number of nitrogens with zero attached hydrogens (tertiary/aromatic N) is 1. The van der Waals surface area contributed by atoms with E-state index in [-0.39, 0.29) is 0 Å². The number of rotatable bonds is 3. The van der Waals surface area contributed by atoms with E-state index in [1.54, 1.807) is 11.8 Å². The molecule has 3 rings (SSSR count). The van der Waals surface area contributed by atoms with Gasteiger partial charge in [0.25, 0.3) is 0 Å².